The molecule has 2 heterocycles. The Morgan fingerprint density at radius 2 is 2.15 bits per heavy atom. The maximum absolute atomic E-state index is 12.2. The molecule has 114 valence electrons. The Labute approximate surface area is 120 Å². The van der Waals surface area contributed by atoms with Crippen LogP contribution < -0.4 is 10.5 Å². The third-order valence-electron chi connectivity index (χ3n) is 3.80. The first kappa shape index (κ1) is 15.4. The van der Waals surface area contributed by atoms with Crippen LogP contribution in [0.5, 0.6) is 0 Å². The topological polar surface area (TPSA) is 93.2 Å². The SMILES string of the molecule is Cn1ccnc1CCNS(=O)(=O)N1CCC(CN)CC1. The van der Waals surface area contributed by atoms with Crippen LogP contribution in [-0.4, -0.2) is 48.5 Å². The average molecular weight is 301 g/mol. The largest absolute Gasteiger partial charge is 0.338 e. The van der Waals surface area contributed by atoms with Gasteiger partial charge >= 0.3 is 0 Å². The molecule has 2 rings (SSSR count). The number of nitrogens with one attached hydrogen (secondary N) is 1. The predicted molar refractivity (Wildman–Crippen MR) is 77.2 cm³/mol. The first-order chi connectivity index (χ1) is 9.53. The molecule has 0 aliphatic carbocycles. The molecule has 0 atom stereocenters. The van der Waals surface area contributed by atoms with Crippen molar-refractivity contribution >= 4 is 10.2 Å². The molecule has 0 radical (unpaired) electrons. The van der Waals surface area contributed by atoms with E-state index in [-0.39, 0.29) is 0 Å². The second-order valence-corrected chi connectivity index (χ2v) is 6.94. The Bertz CT molecular complexity index is 520. The van der Waals surface area contributed by atoms with Crippen molar-refractivity contribution in [2.24, 2.45) is 18.7 Å². The van der Waals surface area contributed by atoms with Gasteiger partial charge in [0.2, 0.25) is 0 Å². The van der Waals surface area contributed by atoms with Crippen LogP contribution in [0.3, 0.4) is 0 Å². The summed E-state index contributed by atoms with van der Waals surface area (Å²) in [7, 11) is -1.48. The van der Waals surface area contributed by atoms with E-state index in [9.17, 15) is 8.42 Å². The molecule has 20 heavy (non-hydrogen) atoms. The van der Waals surface area contributed by atoms with Gasteiger partial charge in [0.15, 0.2) is 0 Å². The first-order valence-corrected chi connectivity index (χ1v) is 8.38. The number of hydrogen-bond acceptors (Lipinski definition) is 4. The highest BCUT2D eigenvalue weighted by atomic mass is 32.2. The lowest BCUT2D eigenvalue weighted by Crippen LogP contribution is -2.46. The molecule has 0 aromatic carbocycles. The van der Waals surface area contributed by atoms with Crippen LogP contribution in [0, 0.1) is 5.92 Å². The quantitative estimate of drug-likeness (QED) is 0.738. The predicted octanol–water partition coefficient (Wildman–Crippen LogP) is -0.532. The fraction of sp³-hybridized carbons (Fsp3) is 0.750. The maximum Gasteiger partial charge on any atom is 0.279 e. The summed E-state index contributed by atoms with van der Waals surface area (Å²) in [4.78, 5) is 4.17. The number of nitrogens with two attached hydrogens (primary N) is 1. The number of aromatic nitrogens is 2. The van der Waals surface area contributed by atoms with Crippen LogP contribution in [0.25, 0.3) is 0 Å². The van der Waals surface area contributed by atoms with Crippen molar-refractivity contribution in [1.29, 1.82) is 0 Å². The Hall–Kier alpha value is -0.960. The highest BCUT2D eigenvalue weighted by Gasteiger charge is 2.26. The van der Waals surface area contributed by atoms with Crippen LogP contribution in [0.15, 0.2) is 12.4 Å². The van der Waals surface area contributed by atoms with Gasteiger partial charge in [0.1, 0.15) is 5.82 Å². The van der Waals surface area contributed by atoms with Gasteiger partial charge in [-0.2, -0.15) is 12.7 Å². The summed E-state index contributed by atoms with van der Waals surface area (Å²) in [5.41, 5.74) is 5.61. The van der Waals surface area contributed by atoms with E-state index in [1.165, 1.54) is 4.31 Å². The summed E-state index contributed by atoms with van der Waals surface area (Å²) >= 11 is 0. The maximum atomic E-state index is 12.2. The number of hydrogen-bond donors (Lipinski definition) is 2. The molecule has 1 aromatic rings. The number of aryl methyl sites for hydroxylation is 1. The Balaban J connectivity index is 1.81. The number of nitrogens with zero attached hydrogens (tertiary/aromatic N) is 3. The zero-order chi connectivity index (χ0) is 14.6. The van der Waals surface area contributed by atoms with Crippen LogP contribution >= 0.6 is 0 Å². The summed E-state index contributed by atoms with van der Waals surface area (Å²) in [6, 6.07) is 0. The molecule has 7 nitrogen and oxygen atoms in total. The van der Waals surface area contributed by atoms with Crippen molar-refractivity contribution in [3.8, 4) is 0 Å². The fourth-order valence-corrected chi connectivity index (χ4v) is 3.64. The van der Waals surface area contributed by atoms with E-state index in [0.717, 1.165) is 18.7 Å². The van der Waals surface area contributed by atoms with Gasteiger partial charge in [-0.1, -0.05) is 0 Å². The van der Waals surface area contributed by atoms with Crippen LogP contribution in [0.4, 0.5) is 0 Å². The normalized spacial score (nSPS) is 18.5. The lowest BCUT2D eigenvalue weighted by molar-refractivity contribution is 0.276. The summed E-state index contributed by atoms with van der Waals surface area (Å²) in [6.07, 6.45) is 5.83. The molecule has 1 aliphatic heterocycles. The van der Waals surface area contributed by atoms with Gasteiger partial charge in [0, 0.05) is 45.5 Å². The second kappa shape index (κ2) is 6.66. The van der Waals surface area contributed by atoms with Crippen LogP contribution in [0.1, 0.15) is 18.7 Å². The molecular weight excluding hydrogens is 278 g/mol. The van der Waals surface area contributed by atoms with Crippen molar-refractivity contribution < 1.29 is 8.42 Å². The van der Waals surface area contributed by atoms with E-state index in [2.05, 4.69) is 9.71 Å². The molecule has 8 heteroatoms. The molecule has 1 fully saturated rings. The van der Waals surface area contributed by atoms with Crippen molar-refractivity contribution in [3.63, 3.8) is 0 Å². The minimum Gasteiger partial charge on any atom is -0.338 e. The molecule has 0 amide bonds. The lowest BCUT2D eigenvalue weighted by atomic mass is 9.99. The summed E-state index contributed by atoms with van der Waals surface area (Å²) in [6.45, 7) is 2.11. The lowest BCUT2D eigenvalue weighted by Gasteiger charge is -2.30. The molecule has 0 saturated carbocycles. The van der Waals surface area contributed by atoms with E-state index in [1.54, 1.807) is 6.20 Å². The third-order valence-corrected chi connectivity index (χ3v) is 5.41. The monoisotopic (exact) mass is 301 g/mol. The first-order valence-electron chi connectivity index (χ1n) is 6.94. The van der Waals surface area contributed by atoms with Gasteiger partial charge in [0.25, 0.3) is 10.2 Å². The van der Waals surface area contributed by atoms with Crippen molar-refractivity contribution in [3.05, 3.63) is 18.2 Å². The van der Waals surface area contributed by atoms with Crippen molar-refractivity contribution in [1.82, 2.24) is 18.6 Å². The highest BCUT2D eigenvalue weighted by Crippen LogP contribution is 2.17. The summed E-state index contributed by atoms with van der Waals surface area (Å²) in [5.74, 6) is 1.32. The van der Waals surface area contributed by atoms with Gasteiger partial charge in [-0.05, 0) is 25.3 Å². The van der Waals surface area contributed by atoms with Gasteiger partial charge < -0.3 is 10.3 Å². The number of rotatable bonds is 6. The van der Waals surface area contributed by atoms with Gasteiger partial charge in [-0.15, -0.1) is 0 Å². The van der Waals surface area contributed by atoms with Gasteiger partial charge in [-0.25, -0.2) is 9.71 Å². The van der Waals surface area contributed by atoms with Gasteiger partial charge in [0.05, 0.1) is 0 Å². The van der Waals surface area contributed by atoms with Crippen molar-refractivity contribution in [2.45, 2.75) is 19.3 Å². The number of piperidine rings is 1. The van der Waals surface area contributed by atoms with E-state index in [0.29, 0.717) is 38.5 Å². The standard InChI is InChI=1S/C12H23N5O2S/c1-16-9-6-14-12(16)2-5-15-20(18,19)17-7-3-11(10-13)4-8-17/h6,9,11,15H,2-5,7-8,10,13H2,1H3. The van der Waals surface area contributed by atoms with E-state index in [4.69, 9.17) is 5.73 Å². The molecular formula is C12H23N5O2S. The minimum atomic E-state index is -3.38. The zero-order valence-electron chi connectivity index (χ0n) is 11.8. The van der Waals surface area contributed by atoms with E-state index < -0.39 is 10.2 Å². The molecule has 3 N–H and O–H groups in total. The second-order valence-electron chi connectivity index (χ2n) is 5.18. The molecule has 0 bridgehead atoms. The Morgan fingerprint density at radius 1 is 1.45 bits per heavy atom. The highest BCUT2D eigenvalue weighted by molar-refractivity contribution is 7.87. The molecule has 0 unspecified atom stereocenters. The zero-order valence-corrected chi connectivity index (χ0v) is 12.6. The van der Waals surface area contributed by atoms with E-state index >= 15 is 0 Å². The average Bonchev–Trinajstić information content (AvgIpc) is 2.84. The molecule has 0 spiro atoms. The molecule has 1 aromatic heterocycles. The van der Waals surface area contributed by atoms with Gasteiger partial charge in [-0.3, -0.25) is 0 Å². The Morgan fingerprint density at radius 3 is 2.70 bits per heavy atom. The summed E-state index contributed by atoms with van der Waals surface area (Å²) < 4.78 is 30.3. The summed E-state index contributed by atoms with van der Waals surface area (Å²) in [5, 5.41) is 0. The smallest absolute Gasteiger partial charge is 0.279 e. The number of imidazole rings is 1. The fourth-order valence-electron chi connectivity index (χ4n) is 2.41. The van der Waals surface area contributed by atoms with E-state index in [1.807, 2.05) is 17.8 Å². The van der Waals surface area contributed by atoms with Crippen LogP contribution in [0.2, 0.25) is 0 Å². The Kier molecular flexibility index (Phi) is 5.14. The molecule has 1 saturated heterocycles. The van der Waals surface area contributed by atoms with Crippen LogP contribution in [-0.2, 0) is 23.7 Å². The molecule has 1 aliphatic rings. The minimum absolute atomic E-state index is 0.365. The third kappa shape index (κ3) is 3.78. The van der Waals surface area contributed by atoms with Crippen molar-refractivity contribution in [2.75, 3.05) is 26.2 Å².